The molecule has 5 N–H and O–H groups in total. The number of ether oxygens (including phenoxy) is 3. The van der Waals surface area contributed by atoms with Crippen LogP contribution in [0.4, 0.5) is 0 Å². The molecule has 3 aromatic rings. The van der Waals surface area contributed by atoms with Crippen LogP contribution in [0.3, 0.4) is 0 Å². The molecule has 3 rings (SSSR count). The smallest absolute Gasteiger partial charge is 0.251 e. The summed E-state index contributed by atoms with van der Waals surface area (Å²) in [5.41, 5.74) is 5.81. The fourth-order valence-corrected chi connectivity index (χ4v) is 3.09. The average molecular weight is 503 g/mol. The molecule has 0 aliphatic rings. The zero-order chi connectivity index (χ0) is 26.3. The Labute approximate surface area is 209 Å². The number of nitrogens with two attached hydrogens (primary N) is 1. The third-order valence-electron chi connectivity index (χ3n) is 4.82. The van der Waals surface area contributed by atoms with Crippen molar-refractivity contribution in [1.29, 1.82) is 0 Å². The van der Waals surface area contributed by atoms with E-state index in [0.717, 1.165) is 0 Å². The van der Waals surface area contributed by atoms with Crippen molar-refractivity contribution in [2.45, 2.75) is 13.8 Å². The third kappa shape index (κ3) is 8.35. The van der Waals surface area contributed by atoms with E-state index in [9.17, 15) is 19.8 Å². The highest BCUT2D eigenvalue weighted by Crippen LogP contribution is 2.34. The Hall–Kier alpha value is -3.44. The average Bonchev–Trinajstić information content (AvgIpc) is 2.90. The molecule has 0 fully saturated rings. The van der Waals surface area contributed by atoms with Gasteiger partial charge in [-0.25, -0.2) is 0 Å². The van der Waals surface area contributed by atoms with Crippen molar-refractivity contribution in [3.63, 3.8) is 0 Å². The van der Waals surface area contributed by atoms with Gasteiger partial charge in [0.2, 0.25) is 5.75 Å². The summed E-state index contributed by atoms with van der Waals surface area (Å²) in [5, 5.41) is 22.6. The molecular weight excluding hydrogens is 468 g/mol. The van der Waals surface area contributed by atoms with E-state index < -0.39 is 5.75 Å². The van der Waals surface area contributed by atoms with Crippen LogP contribution in [0.2, 0.25) is 0 Å². The van der Waals surface area contributed by atoms with E-state index in [-0.39, 0.29) is 33.8 Å². The SMILES string of the molecule is CC.NCCOCCOCCOCCNC(=O)c1ccc(-c2cc(=O)c3ccc(O)c(O)c3o2)cc1. The van der Waals surface area contributed by atoms with Crippen LogP contribution in [0.15, 0.2) is 51.7 Å². The van der Waals surface area contributed by atoms with Gasteiger partial charge in [0.1, 0.15) is 5.76 Å². The fraction of sp³-hybridized carbons (Fsp3) is 0.385. The summed E-state index contributed by atoms with van der Waals surface area (Å²) in [5.74, 6) is -0.958. The lowest BCUT2D eigenvalue weighted by Crippen LogP contribution is -2.27. The molecule has 0 radical (unpaired) electrons. The molecule has 0 spiro atoms. The van der Waals surface area contributed by atoms with E-state index in [1.165, 1.54) is 18.2 Å². The quantitative estimate of drug-likeness (QED) is 0.204. The Morgan fingerprint density at radius 2 is 1.53 bits per heavy atom. The van der Waals surface area contributed by atoms with E-state index in [0.29, 0.717) is 63.9 Å². The van der Waals surface area contributed by atoms with E-state index >= 15 is 0 Å². The zero-order valence-electron chi connectivity index (χ0n) is 20.6. The van der Waals surface area contributed by atoms with Gasteiger partial charge in [-0.2, -0.15) is 0 Å². The van der Waals surface area contributed by atoms with Crippen molar-refractivity contribution in [1.82, 2.24) is 5.32 Å². The van der Waals surface area contributed by atoms with Gasteiger partial charge in [0.25, 0.3) is 5.91 Å². The highest BCUT2D eigenvalue weighted by molar-refractivity contribution is 5.94. The second-order valence-corrected chi connectivity index (χ2v) is 7.24. The molecule has 196 valence electrons. The van der Waals surface area contributed by atoms with Crippen molar-refractivity contribution < 1.29 is 33.6 Å². The number of phenolic OH excluding ortho intramolecular Hbond substituents is 2. The van der Waals surface area contributed by atoms with Crippen LogP contribution >= 0.6 is 0 Å². The van der Waals surface area contributed by atoms with Crippen molar-refractivity contribution in [2.75, 3.05) is 52.7 Å². The Bertz CT molecular complexity index is 1150. The maximum atomic E-state index is 12.3. The minimum absolute atomic E-state index is 0.102. The van der Waals surface area contributed by atoms with E-state index in [4.69, 9.17) is 24.4 Å². The van der Waals surface area contributed by atoms with Gasteiger partial charge in [0, 0.05) is 30.3 Å². The Balaban J connectivity index is 0.00000222. The molecule has 10 nitrogen and oxygen atoms in total. The molecule has 1 amide bonds. The summed E-state index contributed by atoms with van der Waals surface area (Å²) in [4.78, 5) is 24.7. The van der Waals surface area contributed by atoms with Gasteiger partial charge in [-0.3, -0.25) is 9.59 Å². The minimum Gasteiger partial charge on any atom is -0.504 e. The first-order valence-corrected chi connectivity index (χ1v) is 11.8. The van der Waals surface area contributed by atoms with E-state index in [2.05, 4.69) is 5.32 Å². The lowest BCUT2D eigenvalue weighted by molar-refractivity contribution is 0.0166. The van der Waals surface area contributed by atoms with Crippen LogP contribution in [0.1, 0.15) is 24.2 Å². The molecule has 36 heavy (non-hydrogen) atoms. The summed E-state index contributed by atoms with van der Waals surface area (Å²) < 4.78 is 21.6. The lowest BCUT2D eigenvalue weighted by Gasteiger charge is -2.08. The number of hydrogen-bond acceptors (Lipinski definition) is 9. The standard InChI is InChI=1S/C24H28N2O8.C2H6/c25-7-9-31-11-13-33-14-12-32-10-8-26-24(30)17-3-1-16(2-4-17)21-15-20(28)18-5-6-19(27)22(29)23(18)34-21;1-2/h1-6,15,27,29H,7-14,25H2,(H,26,30);1-2H3. The number of rotatable bonds is 13. The molecule has 1 heterocycles. The molecule has 0 unspecified atom stereocenters. The number of hydrogen-bond donors (Lipinski definition) is 4. The maximum Gasteiger partial charge on any atom is 0.251 e. The molecule has 0 saturated heterocycles. The van der Waals surface area contributed by atoms with Crippen molar-refractivity contribution in [2.24, 2.45) is 5.73 Å². The Morgan fingerprint density at radius 1 is 0.917 bits per heavy atom. The molecule has 10 heteroatoms. The molecule has 0 aliphatic heterocycles. The number of carbonyl (C=O) groups excluding carboxylic acids is 1. The third-order valence-corrected chi connectivity index (χ3v) is 4.82. The fourth-order valence-electron chi connectivity index (χ4n) is 3.09. The molecule has 2 aromatic carbocycles. The molecule has 0 atom stereocenters. The monoisotopic (exact) mass is 502 g/mol. The minimum atomic E-state index is -0.502. The topological polar surface area (TPSA) is 153 Å². The summed E-state index contributed by atoms with van der Waals surface area (Å²) in [6, 6.07) is 10.3. The number of phenols is 2. The van der Waals surface area contributed by atoms with Gasteiger partial charge in [-0.05, 0) is 24.3 Å². The number of benzene rings is 2. The summed E-state index contributed by atoms with van der Waals surface area (Å²) >= 11 is 0. The van der Waals surface area contributed by atoms with E-state index in [1.807, 2.05) is 13.8 Å². The number of amides is 1. The van der Waals surface area contributed by atoms with Crippen LogP contribution in [-0.4, -0.2) is 68.9 Å². The second-order valence-electron chi connectivity index (χ2n) is 7.24. The van der Waals surface area contributed by atoms with Gasteiger partial charge in [-0.15, -0.1) is 0 Å². The molecule has 0 aliphatic carbocycles. The summed E-state index contributed by atoms with van der Waals surface area (Å²) in [6.45, 7) is 7.48. The first-order valence-electron chi connectivity index (χ1n) is 11.8. The van der Waals surface area contributed by atoms with Crippen molar-refractivity contribution in [3.05, 3.63) is 58.3 Å². The van der Waals surface area contributed by atoms with Crippen LogP contribution in [0.25, 0.3) is 22.3 Å². The summed E-state index contributed by atoms with van der Waals surface area (Å²) in [6.07, 6.45) is 0. The largest absolute Gasteiger partial charge is 0.504 e. The number of carbonyl (C=O) groups is 1. The van der Waals surface area contributed by atoms with Gasteiger partial charge < -0.3 is 39.9 Å². The second kappa shape index (κ2) is 15.5. The van der Waals surface area contributed by atoms with E-state index in [1.54, 1.807) is 24.3 Å². The van der Waals surface area contributed by atoms with Crippen molar-refractivity contribution in [3.8, 4) is 22.8 Å². The zero-order valence-corrected chi connectivity index (χ0v) is 20.6. The molecule has 0 bridgehead atoms. The summed E-state index contributed by atoms with van der Waals surface area (Å²) in [7, 11) is 0. The van der Waals surface area contributed by atoms with Crippen LogP contribution < -0.4 is 16.5 Å². The van der Waals surface area contributed by atoms with Crippen molar-refractivity contribution >= 4 is 16.9 Å². The number of fused-ring (bicyclic) bond motifs is 1. The maximum absolute atomic E-state index is 12.3. The predicted octanol–water partition coefficient (Wildman–Crippen LogP) is 2.64. The van der Waals surface area contributed by atoms with Gasteiger partial charge in [0.15, 0.2) is 16.8 Å². The Kier molecular flexibility index (Phi) is 12.4. The van der Waals surface area contributed by atoms with Crippen LogP contribution in [0.5, 0.6) is 11.5 Å². The number of aromatic hydroxyl groups is 2. The number of nitrogens with one attached hydrogen (secondary N) is 1. The normalized spacial score (nSPS) is 10.6. The predicted molar refractivity (Wildman–Crippen MR) is 136 cm³/mol. The van der Waals surface area contributed by atoms with Gasteiger partial charge >= 0.3 is 0 Å². The Morgan fingerprint density at radius 3 is 2.17 bits per heavy atom. The molecular formula is C26H34N2O8. The first kappa shape index (κ1) is 28.8. The lowest BCUT2D eigenvalue weighted by atomic mass is 10.1. The highest BCUT2D eigenvalue weighted by atomic mass is 16.5. The van der Waals surface area contributed by atoms with Crippen LogP contribution in [-0.2, 0) is 14.2 Å². The first-order chi connectivity index (χ1) is 17.5. The van der Waals surface area contributed by atoms with Gasteiger partial charge in [-0.1, -0.05) is 26.0 Å². The molecule has 1 aromatic heterocycles. The van der Waals surface area contributed by atoms with Gasteiger partial charge in [0.05, 0.1) is 45.0 Å². The van der Waals surface area contributed by atoms with Crippen LogP contribution in [0, 0.1) is 0 Å². The highest BCUT2D eigenvalue weighted by Gasteiger charge is 2.14. The molecule has 0 saturated carbocycles.